The van der Waals surface area contributed by atoms with Gasteiger partial charge in [0.25, 0.3) is 5.91 Å². The maximum absolute atomic E-state index is 13.5. The summed E-state index contributed by atoms with van der Waals surface area (Å²) < 4.78 is 20.7. The number of para-hydroxylation sites is 1. The van der Waals surface area contributed by atoms with Crippen molar-refractivity contribution in [1.82, 2.24) is 4.57 Å². The molecule has 3 aromatic rings. The van der Waals surface area contributed by atoms with Crippen LogP contribution in [0.5, 0.6) is 0 Å². The molecule has 1 fully saturated rings. The summed E-state index contributed by atoms with van der Waals surface area (Å²) in [5, 5.41) is 0.926. The number of aromatic nitrogens is 1. The van der Waals surface area contributed by atoms with Crippen LogP contribution in [0.3, 0.4) is 0 Å². The zero-order valence-corrected chi connectivity index (χ0v) is 16.4. The molecule has 0 N–H and O–H groups in total. The Kier molecular flexibility index (Phi) is 4.69. The molecular weight excluding hydrogens is 383 g/mol. The Morgan fingerprint density at radius 1 is 1.07 bits per heavy atom. The number of hydrogen-bond acceptors (Lipinski definition) is 4. The maximum Gasteiger partial charge on any atom is 0.320 e. The smallest absolute Gasteiger partial charge is 0.320 e. The SMILES string of the molecule is O=C(OC1CCC1)C1C=NCCc2c1n(C(=O)c1ccc(F)cc1)c1ccccc21. The van der Waals surface area contributed by atoms with Gasteiger partial charge in [0.1, 0.15) is 17.8 Å². The first-order chi connectivity index (χ1) is 14.6. The van der Waals surface area contributed by atoms with Gasteiger partial charge in [-0.25, -0.2) is 4.39 Å². The Hall–Kier alpha value is -3.28. The van der Waals surface area contributed by atoms with Crippen LogP contribution >= 0.6 is 0 Å². The molecule has 1 aliphatic carbocycles. The Bertz CT molecular complexity index is 1160. The van der Waals surface area contributed by atoms with Crippen molar-refractivity contribution < 1.29 is 18.7 Å². The Morgan fingerprint density at radius 3 is 2.57 bits per heavy atom. The minimum atomic E-state index is -0.750. The molecule has 5 nitrogen and oxygen atoms in total. The van der Waals surface area contributed by atoms with E-state index < -0.39 is 11.7 Å². The van der Waals surface area contributed by atoms with Gasteiger partial charge in [0.2, 0.25) is 0 Å². The molecule has 0 bridgehead atoms. The molecule has 152 valence electrons. The van der Waals surface area contributed by atoms with E-state index in [4.69, 9.17) is 4.74 Å². The molecule has 30 heavy (non-hydrogen) atoms. The van der Waals surface area contributed by atoms with E-state index in [1.54, 1.807) is 10.8 Å². The lowest BCUT2D eigenvalue weighted by Crippen LogP contribution is -2.30. The van der Waals surface area contributed by atoms with Gasteiger partial charge in [-0.3, -0.25) is 19.1 Å². The highest BCUT2D eigenvalue weighted by molar-refractivity contribution is 6.07. The number of nitrogens with zero attached hydrogens (tertiary/aromatic N) is 2. The summed E-state index contributed by atoms with van der Waals surface area (Å²) in [6, 6.07) is 13.1. The summed E-state index contributed by atoms with van der Waals surface area (Å²) in [6.07, 6.45) is 5.00. The molecule has 2 aliphatic rings. The van der Waals surface area contributed by atoms with Crippen LogP contribution in [-0.4, -0.2) is 35.3 Å². The zero-order valence-electron chi connectivity index (χ0n) is 16.4. The fraction of sp³-hybridized carbons (Fsp3) is 0.292. The maximum atomic E-state index is 13.5. The molecule has 2 heterocycles. The molecular formula is C24H21FN2O3. The summed E-state index contributed by atoms with van der Waals surface area (Å²) in [6.45, 7) is 0.541. The van der Waals surface area contributed by atoms with Gasteiger partial charge < -0.3 is 4.74 Å². The topological polar surface area (TPSA) is 60.7 Å². The van der Waals surface area contributed by atoms with E-state index in [1.807, 2.05) is 24.3 Å². The van der Waals surface area contributed by atoms with Crippen LogP contribution < -0.4 is 0 Å². The monoisotopic (exact) mass is 404 g/mol. The van der Waals surface area contributed by atoms with Gasteiger partial charge in [-0.15, -0.1) is 0 Å². The van der Waals surface area contributed by atoms with Crippen molar-refractivity contribution >= 4 is 29.0 Å². The first-order valence-corrected chi connectivity index (χ1v) is 10.3. The van der Waals surface area contributed by atoms with Gasteiger partial charge >= 0.3 is 5.97 Å². The third-order valence-electron chi connectivity index (χ3n) is 5.94. The van der Waals surface area contributed by atoms with E-state index in [-0.39, 0.29) is 18.0 Å². The summed E-state index contributed by atoms with van der Waals surface area (Å²) in [7, 11) is 0. The van der Waals surface area contributed by atoms with Gasteiger partial charge in [-0.2, -0.15) is 0 Å². The van der Waals surface area contributed by atoms with E-state index in [1.165, 1.54) is 24.3 Å². The predicted molar refractivity (Wildman–Crippen MR) is 112 cm³/mol. The van der Waals surface area contributed by atoms with Gasteiger partial charge in [0, 0.05) is 29.4 Å². The number of rotatable bonds is 3. The van der Waals surface area contributed by atoms with Crippen molar-refractivity contribution in [2.75, 3.05) is 6.54 Å². The number of hydrogen-bond donors (Lipinski definition) is 0. The van der Waals surface area contributed by atoms with Gasteiger partial charge in [-0.1, -0.05) is 18.2 Å². The Balaban J connectivity index is 1.68. The van der Waals surface area contributed by atoms with Crippen LogP contribution in [0.2, 0.25) is 0 Å². The number of halogens is 1. The van der Waals surface area contributed by atoms with E-state index >= 15 is 0 Å². The molecule has 1 aromatic heterocycles. The van der Waals surface area contributed by atoms with Crippen molar-refractivity contribution in [3.8, 4) is 0 Å². The third-order valence-corrected chi connectivity index (χ3v) is 5.94. The minimum Gasteiger partial charge on any atom is -0.462 e. The van der Waals surface area contributed by atoms with Crippen molar-refractivity contribution in [2.45, 2.75) is 37.7 Å². The fourth-order valence-corrected chi connectivity index (χ4v) is 4.18. The number of benzene rings is 2. The molecule has 5 rings (SSSR count). The summed E-state index contributed by atoms with van der Waals surface area (Å²) in [5.74, 6) is -1.83. The Labute approximate surface area is 173 Å². The fourth-order valence-electron chi connectivity index (χ4n) is 4.18. The number of aliphatic imine (C=N–C) groups is 1. The first-order valence-electron chi connectivity index (χ1n) is 10.3. The van der Waals surface area contributed by atoms with Crippen LogP contribution in [0.4, 0.5) is 4.39 Å². The molecule has 6 heteroatoms. The molecule has 2 aromatic carbocycles. The van der Waals surface area contributed by atoms with E-state index in [0.29, 0.717) is 24.2 Å². The normalized spacial score (nSPS) is 18.5. The molecule has 0 spiro atoms. The quantitative estimate of drug-likeness (QED) is 0.613. The molecule has 1 unspecified atom stereocenters. The predicted octanol–water partition coefficient (Wildman–Crippen LogP) is 4.28. The van der Waals surface area contributed by atoms with Crippen LogP contribution in [0, 0.1) is 5.82 Å². The number of carbonyl (C=O) groups is 2. The summed E-state index contributed by atoms with van der Waals surface area (Å²) in [4.78, 5) is 31.0. The minimum absolute atomic E-state index is 0.0526. The van der Waals surface area contributed by atoms with Gasteiger partial charge in [-0.05, 0) is 61.6 Å². The number of ether oxygens (including phenoxy) is 1. The highest BCUT2D eigenvalue weighted by atomic mass is 19.1. The zero-order chi connectivity index (χ0) is 20.7. The molecule has 0 radical (unpaired) electrons. The average Bonchev–Trinajstić information content (AvgIpc) is 2.88. The first kappa shape index (κ1) is 18.7. The van der Waals surface area contributed by atoms with Crippen LogP contribution in [0.15, 0.2) is 53.5 Å². The number of fused-ring (bicyclic) bond motifs is 3. The van der Waals surface area contributed by atoms with Gasteiger partial charge in [0.15, 0.2) is 0 Å². The van der Waals surface area contributed by atoms with Crippen molar-refractivity contribution in [3.05, 3.63) is 71.2 Å². The van der Waals surface area contributed by atoms with Crippen LogP contribution in [-0.2, 0) is 16.0 Å². The van der Waals surface area contributed by atoms with E-state index in [2.05, 4.69) is 4.99 Å². The average molecular weight is 404 g/mol. The lowest BCUT2D eigenvalue weighted by atomic mass is 9.95. The molecule has 0 amide bonds. The van der Waals surface area contributed by atoms with Crippen LogP contribution in [0.25, 0.3) is 10.9 Å². The highest BCUT2D eigenvalue weighted by Crippen LogP contribution is 2.35. The van der Waals surface area contributed by atoms with Crippen molar-refractivity contribution in [2.24, 2.45) is 4.99 Å². The van der Waals surface area contributed by atoms with Crippen LogP contribution in [0.1, 0.15) is 46.8 Å². The largest absolute Gasteiger partial charge is 0.462 e. The summed E-state index contributed by atoms with van der Waals surface area (Å²) in [5.41, 5.74) is 2.63. The van der Waals surface area contributed by atoms with Crippen molar-refractivity contribution in [3.63, 3.8) is 0 Å². The Morgan fingerprint density at radius 2 is 1.83 bits per heavy atom. The highest BCUT2D eigenvalue weighted by Gasteiger charge is 2.35. The second-order valence-electron chi connectivity index (χ2n) is 7.80. The molecule has 1 aliphatic heterocycles. The molecule has 1 saturated carbocycles. The van der Waals surface area contributed by atoms with E-state index in [9.17, 15) is 14.0 Å². The lowest BCUT2D eigenvalue weighted by molar-refractivity contribution is -0.152. The van der Waals surface area contributed by atoms with E-state index in [0.717, 1.165) is 35.7 Å². The molecule has 1 atom stereocenters. The second-order valence-corrected chi connectivity index (χ2v) is 7.80. The van der Waals surface area contributed by atoms with Gasteiger partial charge in [0.05, 0.1) is 5.52 Å². The summed E-state index contributed by atoms with van der Waals surface area (Å²) >= 11 is 0. The standard InChI is InChI=1S/C24H21FN2O3/c25-16-10-8-15(9-11-16)23(28)27-21-7-2-1-6-18(21)19-12-13-26-14-20(22(19)27)24(29)30-17-4-3-5-17/h1-2,6-11,14,17,20H,3-5,12-13H2. The van der Waals surface area contributed by atoms with Crippen molar-refractivity contribution in [1.29, 1.82) is 0 Å². The molecule has 0 saturated heterocycles. The number of esters is 1. The lowest BCUT2D eigenvalue weighted by Gasteiger charge is -2.27. The second kappa shape index (κ2) is 7.52. The third kappa shape index (κ3) is 3.12. The number of carbonyl (C=O) groups excluding carboxylic acids is 2.